The van der Waals surface area contributed by atoms with Gasteiger partial charge in [-0.25, -0.2) is 0 Å². The number of thioether (sulfide) groups is 1. The third-order valence-electron chi connectivity index (χ3n) is 1.89. The van der Waals surface area contributed by atoms with Crippen molar-refractivity contribution in [2.24, 2.45) is 0 Å². The average molecular weight is 271 g/mol. The molecule has 0 saturated carbocycles. The number of aryl methyl sites for hydroxylation is 1. The predicted molar refractivity (Wildman–Crippen MR) is 71.4 cm³/mol. The Hall–Kier alpha value is -0.430. The minimum atomic E-state index is 0.966. The van der Waals surface area contributed by atoms with Crippen molar-refractivity contribution in [3.8, 4) is 0 Å². The van der Waals surface area contributed by atoms with E-state index in [1.54, 1.807) is 34.4 Å². The van der Waals surface area contributed by atoms with Crippen molar-refractivity contribution in [1.82, 2.24) is 15.5 Å². The summed E-state index contributed by atoms with van der Waals surface area (Å²) >= 11 is 5.21. The molecule has 0 bridgehead atoms. The van der Waals surface area contributed by atoms with Gasteiger partial charge in [-0.05, 0) is 18.4 Å². The number of aromatic nitrogens is 2. The van der Waals surface area contributed by atoms with Gasteiger partial charge in [0.2, 0.25) is 0 Å². The lowest BCUT2D eigenvalue weighted by molar-refractivity contribution is 0.741. The fourth-order valence-electron chi connectivity index (χ4n) is 1.17. The standard InChI is InChI=1S/C10H13N3S3/c1-8-12-13-10(16-8)15-6-4-11-7-9-3-2-5-14-9/h2-3,5,11H,4,6-7H2,1H3. The van der Waals surface area contributed by atoms with Gasteiger partial charge in [0, 0.05) is 23.7 Å². The largest absolute Gasteiger partial charge is 0.311 e. The van der Waals surface area contributed by atoms with E-state index >= 15 is 0 Å². The zero-order chi connectivity index (χ0) is 11.2. The second kappa shape index (κ2) is 6.34. The Kier molecular flexibility index (Phi) is 4.77. The van der Waals surface area contributed by atoms with Crippen LogP contribution in [0.3, 0.4) is 0 Å². The number of nitrogens with one attached hydrogen (secondary N) is 1. The average Bonchev–Trinajstić information content (AvgIpc) is 2.89. The number of nitrogens with zero attached hydrogens (tertiary/aromatic N) is 2. The molecule has 2 aromatic heterocycles. The summed E-state index contributed by atoms with van der Waals surface area (Å²) in [5.41, 5.74) is 0. The van der Waals surface area contributed by atoms with E-state index in [1.165, 1.54) is 4.88 Å². The number of hydrogen-bond donors (Lipinski definition) is 1. The molecule has 0 unspecified atom stereocenters. The summed E-state index contributed by atoms with van der Waals surface area (Å²) in [6, 6.07) is 4.24. The van der Waals surface area contributed by atoms with Crippen LogP contribution in [0.4, 0.5) is 0 Å². The van der Waals surface area contributed by atoms with Gasteiger partial charge in [0.15, 0.2) is 4.34 Å². The summed E-state index contributed by atoms with van der Waals surface area (Å²) in [4.78, 5) is 1.39. The minimum absolute atomic E-state index is 0.966. The van der Waals surface area contributed by atoms with E-state index in [4.69, 9.17) is 0 Å². The lowest BCUT2D eigenvalue weighted by Crippen LogP contribution is -2.15. The Bertz CT molecular complexity index is 411. The highest BCUT2D eigenvalue weighted by Gasteiger charge is 2.00. The first-order valence-corrected chi connectivity index (χ1v) is 7.69. The molecule has 0 amide bonds. The van der Waals surface area contributed by atoms with Crippen LogP contribution < -0.4 is 5.32 Å². The van der Waals surface area contributed by atoms with Crippen molar-refractivity contribution < 1.29 is 0 Å². The highest BCUT2D eigenvalue weighted by molar-refractivity contribution is 8.01. The number of rotatable bonds is 6. The van der Waals surface area contributed by atoms with Crippen LogP contribution in [0.25, 0.3) is 0 Å². The van der Waals surface area contributed by atoms with E-state index in [-0.39, 0.29) is 0 Å². The minimum Gasteiger partial charge on any atom is -0.311 e. The van der Waals surface area contributed by atoms with Crippen LogP contribution >= 0.6 is 34.4 Å². The fraction of sp³-hybridized carbons (Fsp3) is 0.400. The van der Waals surface area contributed by atoms with Crippen molar-refractivity contribution in [1.29, 1.82) is 0 Å². The van der Waals surface area contributed by atoms with Gasteiger partial charge in [-0.15, -0.1) is 21.5 Å². The van der Waals surface area contributed by atoms with Gasteiger partial charge in [0.25, 0.3) is 0 Å². The van der Waals surface area contributed by atoms with Crippen LogP contribution in [0.15, 0.2) is 21.9 Å². The summed E-state index contributed by atoms with van der Waals surface area (Å²) in [6.07, 6.45) is 0. The summed E-state index contributed by atoms with van der Waals surface area (Å²) in [6.45, 7) is 3.95. The molecule has 0 aliphatic carbocycles. The summed E-state index contributed by atoms with van der Waals surface area (Å²) in [5, 5.41) is 14.6. The highest BCUT2D eigenvalue weighted by atomic mass is 32.2. The second-order valence-corrected chi connectivity index (χ2v) is 6.75. The quantitative estimate of drug-likeness (QED) is 0.647. The maximum Gasteiger partial charge on any atom is 0.174 e. The van der Waals surface area contributed by atoms with Crippen molar-refractivity contribution >= 4 is 34.4 Å². The maximum absolute atomic E-state index is 4.07. The SMILES string of the molecule is Cc1nnc(SCCNCc2cccs2)s1. The molecule has 0 atom stereocenters. The first kappa shape index (κ1) is 12.0. The van der Waals surface area contributed by atoms with Crippen LogP contribution in [-0.2, 0) is 6.54 Å². The van der Waals surface area contributed by atoms with Gasteiger partial charge in [-0.3, -0.25) is 0 Å². The molecule has 0 radical (unpaired) electrons. The van der Waals surface area contributed by atoms with Crippen LogP contribution in [0.5, 0.6) is 0 Å². The molecule has 16 heavy (non-hydrogen) atoms. The molecule has 0 aromatic carbocycles. The molecule has 0 aliphatic rings. The van der Waals surface area contributed by atoms with E-state index in [9.17, 15) is 0 Å². The Labute approximate surface area is 107 Å². The lowest BCUT2D eigenvalue weighted by atomic mass is 10.4. The number of hydrogen-bond acceptors (Lipinski definition) is 6. The van der Waals surface area contributed by atoms with Crippen molar-refractivity contribution in [3.63, 3.8) is 0 Å². The molecule has 6 heteroatoms. The summed E-state index contributed by atoms with van der Waals surface area (Å²) in [7, 11) is 0. The Morgan fingerprint density at radius 3 is 3.06 bits per heavy atom. The maximum atomic E-state index is 4.07. The molecule has 0 spiro atoms. The van der Waals surface area contributed by atoms with Crippen LogP contribution in [0.2, 0.25) is 0 Å². The first-order chi connectivity index (χ1) is 7.84. The zero-order valence-electron chi connectivity index (χ0n) is 8.97. The van der Waals surface area contributed by atoms with Gasteiger partial charge in [-0.1, -0.05) is 29.2 Å². The monoisotopic (exact) mass is 271 g/mol. The van der Waals surface area contributed by atoms with Gasteiger partial charge in [0.1, 0.15) is 5.01 Å². The molecule has 1 N–H and O–H groups in total. The molecule has 3 nitrogen and oxygen atoms in total. The Morgan fingerprint density at radius 2 is 2.38 bits per heavy atom. The van der Waals surface area contributed by atoms with Crippen LogP contribution in [-0.4, -0.2) is 22.5 Å². The lowest BCUT2D eigenvalue weighted by Gasteiger charge is -2.00. The van der Waals surface area contributed by atoms with E-state index < -0.39 is 0 Å². The molecular formula is C10H13N3S3. The van der Waals surface area contributed by atoms with Crippen molar-refractivity contribution in [2.45, 2.75) is 17.8 Å². The topological polar surface area (TPSA) is 37.8 Å². The van der Waals surface area contributed by atoms with Crippen molar-refractivity contribution in [2.75, 3.05) is 12.3 Å². The smallest absolute Gasteiger partial charge is 0.174 e. The van der Waals surface area contributed by atoms with Gasteiger partial charge in [-0.2, -0.15) is 0 Å². The highest BCUT2D eigenvalue weighted by Crippen LogP contribution is 2.20. The van der Waals surface area contributed by atoms with Gasteiger partial charge in [0.05, 0.1) is 0 Å². The molecular weight excluding hydrogens is 258 g/mol. The molecule has 0 saturated heterocycles. The summed E-state index contributed by atoms with van der Waals surface area (Å²) in [5.74, 6) is 1.04. The molecule has 2 aromatic rings. The summed E-state index contributed by atoms with van der Waals surface area (Å²) < 4.78 is 1.07. The molecule has 2 rings (SSSR count). The first-order valence-electron chi connectivity index (χ1n) is 5.00. The predicted octanol–water partition coefficient (Wildman–Crippen LogP) is 2.79. The van der Waals surface area contributed by atoms with E-state index in [0.29, 0.717) is 0 Å². The second-order valence-electron chi connectivity index (χ2n) is 3.19. The molecule has 2 heterocycles. The van der Waals surface area contributed by atoms with E-state index in [0.717, 1.165) is 28.2 Å². The van der Waals surface area contributed by atoms with Crippen LogP contribution in [0, 0.1) is 6.92 Å². The zero-order valence-corrected chi connectivity index (χ0v) is 11.4. The van der Waals surface area contributed by atoms with Gasteiger partial charge >= 0.3 is 0 Å². The van der Waals surface area contributed by atoms with E-state index in [2.05, 4.69) is 33.0 Å². The third kappa shape index (κ3) is 3.86. The Morgan fingerprint density at radius 1 is 1.44 bits per heavy atom. The fourth-order valence-corrected chi connectivity index (χ4v) is 3.63. The Balaban J connectivity index is 1.59. The van der Waals surface area contributed by atoms with Crippen LogP contribution in [0.1, 0.15) is 9.88 Å². The van der Waals surface area contributed by atoms with E-state index in [1.807, 2.05) is 6.92 Å². The van der Waals surface area contributed by atoms with Gasteiger partial charge < -0.3 is 5.32 Å². The molecule has 0 fully saturated rings. The third-order valence-corrected chi connectivity index (χ3v) is 4.74. The number of thiophene rings is 1. The molecule has 86 valence electrons. The normalized spacial score (nSPS) is 10.8. The molecule has 0 aliphatic heterocycles. The van der Waals surface area contributed by atoms with Crippen molar-refractivity contribution in [3.05, 3.63) is 27.4 Å².